The van der Waals surface area contributed by atoms with Crippen molar-refractivity contribution in [1.82, 2.24) is 4.57 Å². The van der Waals surface area contributed by atoms with Crippen LogP contribution in [0.1, 0.15) is 67.3 Å². The van der Waals surface area contributed by atoms with Gasteiger partial charge in [0, 0.05) is 11.1 Å². The third-order valence-electron chi connectivity index (χ3n) is 6.82. The Hall–Kier alpha value is -3.13. The van der Waals surface area contributed by atoms with Crippen LogP contribution in [0.25, 0.3) is 28.2 Å². The van der Waals surface area contributed by atoms with Crippen molar-refractivity contribution in [1.29, 1.82) is 0 Å². The maximum Gasteiger partial charge on any atom is 0.294 e. The SMILES string of the molecule is Cc1cc(C)c(C)c(-c2n(-c3c(C(C)C)cc(-c4ccccc4)cc3C(C)C)cc[n+]2C)c1. The molecule has 3 aromatic carbocycles. The van der Waals surface area contributed by atoms with Crippen LogP contribution >= 0.6 is 0 Å². The van der Waals surface area contributed by atoms with Crippen molar-refractivity contribution in [2.75, 3.05) is 0 Å². The Kier molecular flexibility index (Phi) is 6.30. The fourth-order valence-electron chi connectivity index (χ4n) is 4.89. The molecule has 170 valence electrons. The molecule has 0 spiro atoms. The molecule has 0 fully saturated rings. The molecule has 0 aliphatic rings. The molecule has 1 aromatic heterocycles. The summed E-state index contributed by atoms with van der Waals surface area (Å²) in [7, 11) is 2.16. The van der Waals surface area contributed by atoms with E-state index in [1.54, 1.807) is 0 Å². The largest absolute Gasteiger partial charge is 0.294 e. The Labute approximate surface area is 199 Å². The predicted octanol–water partition coefficient (Wildman–Crippen LogP) is 7.81. The van der Waals surface area contributed by atoms with Crippen molar-refractivity contribution in [3.8, 4) is 28.2 Å². The summed E-state index contributed by atoms with van der Waals surface area (Å²) in [5.74, 6) is 2.04. The first-order valence-corrected chi connectivity index (χ1v) is 12.1. The third kappa shape index (κ3) is 4.27. The van der Waals surface area contributed by atoms with Gasteiger partial charge >= 0.3 is 0 Å². The molecule has 0 atom stereocenters. The van der Waals surface area contributed by atoms with E-state index in [4.69, 9.17) is 0 Å². The minimum atomic E-state index is 0.405. The van der Waals surface area contributed by atoms with Crippen LogP contribution < -0.4 is 4.57 Å². The molecule has 4 aromatic rings. The molecule has 2 heteroatoms. The van der Waals surface area contributed by atoms with Crippen molar-refractivity contribution in [3.63, 3.8) is 0 Å². The Morgan fingerprint density at radius 1 is 0.758 bits per heavy atom. The van der Waals surface area contributed by atoms with Gasteiger partial charge in [-0.25, -0.2) is 4.57 Å². The van der Waals surface area contributed by atoms with E-state index in [1.165, 1.54) is 56.0 Å². The number of rotatable bonds is 5. The molecule has 0 unspecified atom stereocenters. The maximum absolute atomic E-state index is 2.43. The van der Waals surface area contributed by atoms with Gasteiger partial charge < -0.3 is 0 Å². The molecule has 0 aliphatic heterocycles. The molecule has 1 heterocycles. The van der Waals surface area contributed by atoms with Crippen LogP contribution in [0.4, 0.5) is 0 Å². The minimum Gasteiger partial charge on any atom is -0.232 e. The lowest BCUT2D eigenvalue weighted by Crippen LogP contribution is -2.29. The highest BCUT2D eigenvalue weighted by molar-refractivity contribution is 5.72. The molecule has 4 rings (SSSR count). The first-order valence-electron chi connectivity index (χ1n) is 12.1. The van der Waals surface area contributed by atoms with E-state index in [0.29, 0.717) is 11.8 Å². The zero-order valence-electron chi connectivity index (χ0n) is 21.4. The van der Waals surface area contributed by atoms with E-state index >= 15 is 0 Å². The van der Waals surface area contributed by atoms with Crippen LogP contribution in [0, 0.1) is 20.8 Å². The monoisotopic (exact) mass is 437 g/mol. The molecule has 0 bridgehead atoms. The molecule has 2 nitrogen and oxygen atoms in total. The van der Waals surface area contributed by atoms with Crippen molar-refractivity contribution in [3.05, 3.63) is 94.8 Å². The van der Waals surface area contributed by atoms with E-state index in [-0.39, 0.29) is 0 Å². The first kappa shape index (κ1) is 23.0. The lowest BCUT2D eigenvalue weighted by atomic mass is 9.88. The summed E-state index contributed by atoms with van der Waals surface area (Å²) in [5, 5.41) is 0. The number of hydrogen-bond acceptors (Lipinski definition) is 0. The second kappa shape index (κ2) is 9.02. The molecule has 0 radical (unpaired) electrons. The molecule has 0 saturated heterocycles. The summed E-state index contributed by atoms with van der Waals surface area (Å²) >= 11 is 0. The van der Waals surface area contributed by atoms with Crippen LogP contribution in [0.3, 0.4) is 0 Å². The lowest BCUT2D eigenvalue weighted by molar-refractivity contribution is -0.659. The second-order valence-corrected chi connectivity index (χ2v) is 10.0. The normalized spacial score (nSPS) is 11.6. The third-order valence-corrected chi connectivity index (χ3v) is 6.82. The fourth-order valence-corrected chi connectivity index (χ4v) is 4.89. The van der Waals surface area contributed by atoms with Gasteiger partial charge in [0.25, 0.3) is 5.82 Å². The lowest BCUT2D eigenvalue weighted by Gasteiger charge is -2.20. The fraction of sp³-hybridized carbons (Fsp3) is 0.323. The number of imidazole rings is 1. The van der Waals surface area contributed by atoms with Crippen molar-refractivity contribution in [2.24, 2.45) is 7.05 Å². The molecule has 33 heavy (non-hydrogen) atoms. The number of hydrogen-bond donors (Lipinski definition) is 0. The second-order valence-electron chi connectivity index (χ2n) is 10.0. The number of benzene rings is 3. The van der Waals surface area contributed by atoms with Crippen molar-refractivity contribution < 1.29 is 4.57 Å². The average molecular weight is 438 g/mol. The molecule has 0 amide bonds. The van der Waals surface area contributed by atoms with Crippen molar-refractivity contribution >= 4 is 0 Å². The topological polar surface area (TPSA) is 8.81 Å². The number of aryl methyl sites for hydroxylation is 3. The minimum absolute atomic E-state index is 0.405. The van der Waals surface area contributed by atoms with Gasteiger partial charge in [-0.1, -0.05) is 64.1 Å². The highest BCUT2D eigenvalue weighted by Crippen LogP contribution is 2.38. The molecule has 0 saturated carbocycles. The van der Waals surface area contributed by atoms with Crippen molar-refractivity contribution in [2.45, 2.75) is 60.3 Å². The average Bonchev–Trinajstić information content (AvgIpc) is 3.16. The Morgan fingerprint density at radius 2 is 1.36 bits per heavy atom. The summed E-state index contributed by atoms with van der Waals surface area (Å²) in [6.45, 7) is 15.9. The number of aromatic nitrogens is 2. The van der Waals surface area contributed by atoms with Gasteiger partial charge in [0.1, 0.15) is 18.1 Å². The predicted molar refractivity (Wildman–Crippen MR) is 140 cm³/mol. The van der Waals surface area contributed by atoms with Gasteiger partial charge in [-0.3, -0.25) is 0 Å². The van der Waals surface area contributed by atoms with Crippen LogP contribution in [0.15, 0.2) is 67.0 Å². The molecular formula is C31H37N2+. The van der Waals surface area contributed by atoms with E-state index in [1.807, 2.05) is 0 Å². The van der Waals surface area contributed by atoms with Crippen LogP contribution in [-0.2, 0) is 7.05 Å². The van der Waals surface area contributed by atoms with Crippen LogP contribution in [0.5, 0.6) is 0 Å². The van der Waals surface area contributed by atoms with Gasteiger partial charge in [0.05, 0.1) is 12.6 Å². The summed E-state index contributed by atoms with van der Waals surface area (Å²) in [6.07, 6.45) is 4.42. The Morgan fingerprint density at radius 3 is 1.94 bits per heavy atom. The molecular weight excluding hydrogens is 400 g/mol. The summed E-state index contributed by atoms with van der Waals surface area (Å²) in [5.41, 5.74) is 12.0. The zero-order chi connectivity index (χ0) is 23.9. The van der Waals surface area contributed by atoms with E-state index in [0.717, 1.165) is 0 Å². The Bertz CT molecular complexity index is 1260. The summed E-state index contributed by atoms with van der Waals surface area (Å²) in [6, 6.07) is 20.2. The highest BCUT2D eigenvalue weighted by Gasteiger charge is 2.28. The van der Waals surface area contributed by atoms with Gasteiger partial charge in [0.2, 0.25) is 0 Å². The Balaban J connectivity index is 2.05. The van der Waals surface area contributed by atoms with Crippen LogP contribution in [-0.4, -0.2) is 4.57 Å². The highest BCUT2D eigenvalue weighted by atomic mass is 15.1. The molecule has 0 N–H and O–H groups in total. The smallest absolute Gasteiger partial charge is 0.232 e. The van der Waals surface area contributed by atoms with E-state index in [2.05, 4.69) is 132 Å². The van der Waals surface area contributed by atoms with E-state index in [9.17, 15) is 0 Å². The number of nitrogens with zero attached hydrogens (tertiary/aromatic N) is 2. The standard InChI is InChI=1S/C31H37N2/c1-20(2)27-18-26(25-12-10-9-11-13-25)19-28(21(3)4)30(27)33-15-14-32(8)31(33)29-17-22(5)16-23(6)24(29)7/h9-21H,1-8H3/q+1. The quantitative estimate of drug-likeness (QED) is 0.282. The maximum atomic E-state index is 2.43. The van der Waals surface area contributed by atoms with Gasteiger partial charge in [-0.2, -0.15) is 4.57 Å². The van der Waals surface area contributed by atoms with Gasteiger partial charge in [-0.05, 0) is 78.6 Å². The first-order chi connectivity index (χ1) is 15.7. The summed E-state index contributed by atoms with van der Waals surface area (Å²) in [4.78, 5) is 0. The van der Waals surface area contributed by atoms with Gasteiger partial charge in [-0.15, -0.1) is 0 Å². The van der Waals surface area contributed by atoms with Crippen LogP contribution in [0.2, 0.25) is 0 Å². The molecule has 0 aliphatic carbocycles. The summed E-state index contributed by atoms with van der Waals surface area (Å²) < 4.78 is 4.70. The van der Waals surface area contributed by atoms with E-state index < -0.39 is 0 Å². The van der Waals surface area contributed by atoms with Gasteiger partial charge in [0.15, 0.2) is 0 Å². The zero-order valence-corrected chi connectivity index (χ0v) is 21.4.